The quantitative estimate of drug-likeness (QED) is 0.590. The molecule has 0 saturated heterocycles. The van der Waals surface area contributed by atoms with Crippen molar-refractivity contribution in [1.82, 2.24) is 19.6 Å². The van der Waals surface area contributed by atoms with Crippen molar-refractivity contribution in [3.8, 4) is 0 Å². The van der Waals surface area contributed by atoms with Gasteiger partial charge in [-0.25, -0.2) is 9.97 Å². The minimum atomic E-state index is -3.53. The van der Waals surface area contributed by atoms with Gasteiger partial charge in [-0.2, -0.15) is 13.3 Å². The normalized spacial score (nSPS) is 13.3. The summed E-state index contributed by atoms with van der Waals surface area (Å²) in [6, 6.07) is 1.12. The van der Waals surface area contributed by atoms with E-state index >= 15 is 0 Å². The average Bonchev–Trinajstić information content (AvgIpc) is 2.59. The SMILES string of the molecule is CC(C)(C)c1nc2cc(C(F)(F)Cl)nc(Br)n2n1. The van der Waals surface area contributed by atoms with Crippen LogP contribution >= 0.6 is 27.5 Å². The van der Waals surface area contributed by atoms with Gasteiger partial charge in [-0.15, -0.1) is 5.10 Å². The summed E-state index contributed by atoms with van der Waals surface area (Å²) in [5, 5.41) is 0.685. The van der Waals surface area contributed by atoms with E-state index in [0.29, 0.717) is 5.82 Å². The van der Waals surface area contributed by atoms with Gasteiger partial charge in [0.1, 0.15) is 5.69 Å². The molecule has 0 aliphatic carbocycles. The van der Waals surface area contributed by atoms with Crippen LogP contribution < -0.4 is 0 Å². The average molecular weight is 340 g/mol. The van der Waals surface area contributed by atoms with Gasteiger partial charge in [-0.3, -0.25) is 0 Å². The first-order valence-electron chi connectivity index (χ1n) is 5.10. The van der Waals surface area contributed by atoms with Crippen LogP contribution in [0.25, 0.3) is 5.65 Å². The molecule has 0 fully saturated rings. The molecule has 98 valence electrons. The third-order valence-corrected chi connectivity index (χ3v) is 2.95. The van der Waals surface area contributed by atoms with Crippen LogP contribution in [0, 0.1) is 0 Å². The van der Waals surface area contributed by atoms with Crippen molar-refractivity contribution in [1.29, 1.82) is 0 Å². The van der Waals surface area contributed by atoms with Crippen LogP contribution in [-0.2, 0) is 10.8 Å². The molecular weight excluding hydrogens is 329 g/mol. The monoisotopic (exact) mass is 338 g/mol. The summed E-state index contributed by atoms with van der Waals surface area (Å²) in [7, 11) is 0. The van der Waals surface area contributed by atoms with Gasteiger partial charge in [0.05, 0.1) is 0 Å². The molecule has 18 heavy (non-hydrogen) atoms. The van der Waals surface area contributed by atoms with Crippen molar-refractivity contribution < 1.29 is 8.78 Å². The van der Waals surface area contributed by atoms with Crippen LogP contribution in [0.3, 0.4) is 0 Å². The Morgan fingerprint density at radius 2 is 1.89 bits per heavy atom. The predicted molar refractivity (Wildman–Crippen MR) is 66.9 cm³/mol. The maximum absolute atomic E-state index is 13.0. The number of hydrogen-bond acceptors (Lipinski definition) is 3. The molecule has 0 N–H and O–H groups in total. The second-order valence-electron chi connectivity index (χ2n) is 4.86. The van der Waals surface area contributed by atoms with Crippen LogP contribution in [-0.4, -0.2) is 19.6 Å². The summed E-state index contributed by atoms with van der Waals surface area (Å²) in [6.07, 6.45) is 0. The fourth-order valence-corrected chi connectivity index (χ4v) is 1.87. The summed E-state index contributed by atoms with van der Waals surface area (Å²) in [6.45, 7) is 5.79. The molecule has 0 aromatic carbocycles. The van der Waals surface area contributed by atoms with E-state index in [1.165, 1.54) is 4.52 Å². The van der Waals surface area contributed by atoms with Gasteiger partial charge in [-0.05, 0) is 27.5 Å². The van der Waals surface area contributed by atoms with Crippen LogP contribution in [0.5, 0.6) is 0 Å². The third kappa shape index (κ3) is 2.47. The molecule has 2 rings (SSSR count). The maximum Gasteiger partial charge on any atom is 0.365 e. The molecule has 0 saturated carbocycles. The first-order valence-corrected chi connectivity index (χ1v) is 6.27. The van der Waals surface area contributed by atoms with Crippen molar-refractivity contribution in [3.63, 3.8) is 0 Å². The van der Waals surface area contributed by atoms with E-state index < -0.39 is 11.1 Å². The van der Waals surface area contributed by atoms with Crippen LogP contribution in [0.2, 0.25) is 0 Å². The molecule has 8 heteroatoms. The van der Waals surface area contributed by atoms with Crippen LogP contribution in [0.1, 0.15) is 32.3 Å². The van der Waals surface area contributed by atoms with Gasteiger partial charge in [0.25, 0.3) is 0 Å². The van der Waals surface area contributed by atoms with E-state index in [1.807, 2.05) is 20.8 Å². The smallest absolute Gasteiger partial charge is 0.219 e. The molecule has 2 heterocycles. The highest BCUT2D eigenvalue weighted by atomic mass is 79.9. The van der Waals surface area contributed by atoms with Crippen molar-refractivity contribution in [2.24, 2.45) is 0 Å². The first kappa shape index (κ1) is 13.6. The number of fused-ring (bicyclic) bond motifs is 1. The molecular formula is C10H10BrClF2N4. The molecule has 0 atom stereocenters. The first-order chi connectivity index (χ1) is 8.09. The number of hydrogen-bond donors (Lipinski definition) is 0. The lowest BCUT2D eigenvalue weighted by atomic mass is 9.96. The maximum atomic E-state index is 13.0. The second-order valence-corrected chi connectivity index (χ2v) is 6.05. The highest BCUT2D eigenvalue weighted by Gasteiger charge is 2.32. The van der Waals surface area contributed by atoms with Gasteiger partial charge in [-0.1, -0.05) is 20.8 Å². The van der Waals surface area contributed by atoms with Crippen LogP contribution in [0.4, 0.5) is 8.78 Å². The number of alkyl halides is 3. The second kappa shape index (κ2) is 4.09. The van der Waals surface area contributed by atoms with E-state index in [0.717, 1.165) is 6.07 Å². The van der Waals surface area contributed by atoms with Crippen molar-refractivity contribution in [2.75, 3.05) is 0 Å². The lowest BCUT2D eigenvalue weighted by Crippen LogP contribution is -2.13. The highest BCUT2D eigenvalue weighted by Crippen LogP contribution is 2.32. The summed E-state index contributed by atoms with van der Waals surface area (Å²) in [5.74, 6) is 0.542. The Labute approximate surface area is 116 Å². The van der Waals surface area contributed by atoms with Gasteiger partial charge in [0.15, 0.2) is 16.2 Å². The number of aromatic nitrogens is 4. The fraction of sp³-hybridized carbons (Fsp3) is 0.500. The minimum absolute atomic E-state index is 0.137. The Morgan fingerprint density at radius 1 is 1.28 bits per heavy atom. The van der Waals surface area contributed by atoms with Crippen LogP contribution in [0.15, 0.2) is 10.8 Å². The summed E-state index contributed by atoms with van der Waals surface area (Å²) in [4.78, 5) is 7.87. The molecule has 0 bridgehead atoms. The Kier molecular flexibility index (Phi) is 3.09. The zero-order valence-electron chi connectivity index (χ0n) is 9.88. The van der Waals surface area contributed by atoms with Gasteiger partial charge in [0, 0.05) is 11.5 Å². The van der Waals surface area contributed by atoms with Gasteiger partial charge < -0.3 is 0 Å². The highest BCUT2D eigenvalue weighted by molar-refractivity contribution is 9.10. The minimum Gasteiger partial charge on any atom is -0.219 e. The Morgan fingerprint density at radius 3 is 2.39 bits per heavy atom. The van der Waals surface area contributed by atoms with Gasteiger partial charge in [0.2, 0.25) is 0 Å². The topological polar surface area (TPSA) is 43.1 Å². The zero-order chi connectivity index (χ0) is 13.7. The number of nitrogens with zero attached hydrogens (tertiary/aromatic N) is 4. The molecule has 0 aliphatic heterocycles. The molecule has 0 aliphatic rings. The van der Waals surface area contributed by atoms with Gasteiger partial charge >= 0.3 is 5.38 Å². The standard InChI is InChI=1S/C10H10BrClF2N4/c1-9(2,3)7-16-6-4-5(10(12,13)14)15-8(11)18(6)17-7/h4H,1-3H3. The molecule has 2 aromatic rings. The lowest BCUT2D eigenvalue weighted by Gasteiger charge is -2.11. The molecule has 2 aromatic heterocycles. The fourth-order valence-electron chi connectivity index (χ4n) is 1.32. The molecule has 4 nitrogen and oxygen atoms in total. The van der Waals surface area contributed by atoms with E-state index in [9.17, 15) is 8.78 Å². The summed E-state index contributed by atoms with van der Waals surface area (Å²) in [5.41, 5.74) is -0.566. The van der Waals surface area contributed by atoms with Crippen molar-refractivity contribution in [2.45, 2.75) is 31.6 Å². The molecule has 0 unspecified atom stereocenters. The Bertz CT molecular complexity index is 600. The number of halogens is 4. The summed E-state index contributed by atoms with van der Waals surface area (Å²) < 4.78 is 27.5. The lowest BCUT2D eigenvalue weighted by molar-refractivity contribution is 0.0896. The Hall–Kier alpha value is -0.820. The van der Waals surface area contributed by atoms with Crippen molar-refractivity contribution >= 4 is 33.2 Å². The summed E-state index contributed by atoms with van der Waals surface area (Å²) >= 11 is 8.03. The Balaban J connectivity index is 2.67. The molecule has 0 radical (unpaired) electrons. The van der Waals surface area contributed by atoms with E-state index in [4.69, 9.17) is 11.6 Å². The van der Waals surface area contributed by atoms with E-state index in [2.05, 4.69) is 31.0 Å². The third-order valence-electron chi connectivity index (χ3n) is 2.25. The zero-order valence-corrected chi connectivity index (χ0v) is 12.2. The molecule has 0 amide bonds. The largest absolute Gasteiger partial charge is 0.365 e. The van der Waals surface area contributed by atoms with Crippen molar-refractivity contribution in [3.05, 3.63) is 22.3 Å². The van der Waals surface area contributed by atoms with E-state index in [1.54, 1.807) is 0 Å². The molecule has 0 spiro atoms. The predicted octanol–water partition coefficient (Wildman–Crippen LogP) is 3.47. The van der Waals surface area contributed by atoms with E-state index in [-0.39, 0.29) is 15.8 Å². The number of rotatable bonds is 1.